The summed E-state index contributed by atoms with van der Waals surface area (Å²) in [6.07, 6.45) is 1.95. The molecule has 90 valence electrons. The van der Waals surface area contributed by atoms with Crippen LogP contribution >= 0.6 is 0 Å². The zero-order valence-electron chi connectivity index (χ0n) is 9.38. The van der Waals surface area contributed by atoms with E-state index in [1.54, 1.807) is 20.8 Å². The van der Waals surface area contributed by atoms with E-state index in [2.05, 4.69) is 0 Å². The maximum absolute atomic E-state index is 9.51. The summed E-state index contributed by atoms with van der Waals surface area (Å²) >= 11 is 0. The van der Waals surface area contributed by atoms with Crippen molar-refractivity contribution >= 4 is 5.97 Å². The number of allylic oxidation sites excluding steroid dienone is 1. The normalized spacial score (nSPS) is 14.2. The van der Waals surface area contributed by atoms with Crippen LogP contribution in [-0.2, 0) is 9.53 Å². The molecule has 5 nitrogen and oxygen atoms in total. The minimum atomic E-state index is -0.891. The lowest BCUT2D eigenvalue weighted by molar-refractivity contribution is -0.131. The van der Waals surface area contributed by atoms with Crippen LogP contribution in [0.2, 0.25) is 0 Å². The molecule has 0 aromatic rings. The third-order valence-electron chi connectivity index (χ3n) is 1.19. The molecule has 2 unspecified atom stereocenters. The lowest BCUT2D eigenvalue weighted by Crippen LogP contribution is -2.19. The van der Waals surface area contributed by atoms with E-state index < -0.39 is 12.1 Å². The summed E-state index contributed by atoms with van der Waals surface area (Å²) in [5, 5.41) is 25.0. The number of carbonyl (C=O) groups is 1. The summed E-state index contributed by atoms with van der Waals surface area (Å²) in [5.41, 5.74) is 0. The molecule has 0 aliphatic heterocycles. The van der Waals surface area contributed by atoms with Gasteiger partial charge in [0.2, 0.25) is 0 Å². The molecule has 0 aliphatic rings. The lowest BCUT2D eigenvalue weighted by Gasteiger charge is -2.10. The Labute approximate surface area is 90.0 Å². The molecule has 0 radical (unpaired) electrons. The van der Waals surface area contributed by atoms with E-state index in [0.29, 0.717) is 6.61 Å². The van der Waals surface area contributed by atoms with Crippen molar-refractivity contribution in [3.63, 3.8) is 0 Å². The van der Waals surface area contributed by atoms with Crippen molar-refractivity contribution in [1.29, 1.82) is 0 Å². The predicted molar refractivity (Wildman–Crippen MR) is 56.6 cm³/mol. The fourth-order valence-corrected chi connectivity index (χ4v) is 0.499. The van der Waals surface area contributed by atoms with Crippen molar-refractivity contribution in [3.05, 3.63) is 12.2 Å². The monoisotopic (exact) mass is 220 g/mol. The first kappa shape index (κ1) is 16.5. The molecule has 2 atom stereocenters. The minimum absolute atomic E-state index is 0.00667. The Morgan fingerprint density at radius 3 is 2.20 bits per heavy atom. The molecule has 0 fully saturated rings. The van der Waals surface area contributed by atoms with Gasteiger partial charge in [0, 0.05) is 6.08 Å². The van der Waals surface area contributed by atoms with E-state index in [-0.39, 0.29) is 12.7 Å². The highest BCUT2D eigenvalue weighted by molar-refractivity contribution is 5.79. The molecule has 0 aromatic heterocycles. The number of carboxylic acids is 1. The molecule has 0 saturated carbocycles. The third kappa shape index (κ3) is 19.5. The number of hydrogen-bond donors (Lipinski definition) is 3. The molecule has 0 aromatic carbocycles. The molecular weight excluding hydrogens is 200 g/mol. The average Bonchev–Trinajstić information content (AvgIpc) is 2.14. The van der Waals surface area contributed by atoms with Gasteiger partial charge in [0.05, 0.1) is 25.4 Å². The summed E-state index contributed by atoms with van der Waals surface area (Å²) in [5.74, 6) is -0.891. The van der Waals surface area contributed by atoms with Crippen molar-refractivity contribution in [2.75, 3.05) is 13.2 Å². The van der Waals surface area contributed by atoms with Gasteiger partial charge in [0.15, 0.2) is 0 Å². The van der Waals surface area contributed by atoms with Crippen LogP contribution in [0.1, 0.15) is 20.8 Å². The Morgan fingerprint density at radius 2 is 2.00 bits per heavy atom. The number of hydrogen-bond acceptors (Lipinski definition) is 4. The van der Waals surface area contributed by atoms with Gasteiger partial charge >= 0.3 is 5.97 Å². The molecule has 3 N–H and O–H groups in total. The Bertz CT molecular complexity index is 177. The van der Waals surface area contributed by atoms with Crippen molar-refractivity contribution in [2.24, 2.45) is 0 Å². The highest BCUT2D eigenvalue weighted by atomic mass is 16.5. The second-order valence-electron chi connectivity index (χ2n) is 3.01. The molecule has 0 amide bonds. The highest BCUT2D eigenvalue weighted by Gasteiger charge is 2.00. The van der Waals surface area contributed by atoms with Gasteiger partial charge < -0.3 is 20.1 Å². The number of rotatable bonds is 5. The van der Waals surface area contributed by atoms with Gasteiger partial charge in [-0.25, -0.2) is 4.79 Å². The van der Waals surface area contributed by atoms with Crippen LogP contribution in [-0.4, -0.2) is 46.7 Å². The van der Waals surface area contributed by atoms with E-state index >= 15 is 0 Å². The topological polar surface area (TPSA) is 87.0 Å². The summed E-state index contributed by atoms with van der Waals surface area (Å²) < 4.78 is 4.95. The van der Waals surface area contributed by atoms with Crippen LogP contribution in [0.25, 0.3) is 0 Å². The van der Waals surface area contributed by atoms with Crippen LogP contribution in [0, 0.1) is 0 Å². The quantitative estimate of drug-likeness (QED) is 0.584. The van der Waals surface area contributed by atoms with Gasteiger partial charge in [0.25, 0.3) is 0 Å². The highest BCUT2D eigenvalue weighted by Crippen LogP contribution is 1.90. The van der Waals surface area contributed by atoms with Gasteiger partial charge in [-0.15, -0.1) is 0 Å². The zero-order chi connectivity index (χ0) is 12.3. The van der Waals surface area contributed by atoms with Crippen LogP contribution in [0.15, 0.2) is 12.2 Å². The number of aliphatic hydroxyl groups is 2. The molecule has 0 heterocycles. The van der Waals surface area contributed by atoms with Crippen molar-refractivity contribution in [3.8, 4) is 0 Å². The Hall–Kier alpha value is -0.910. The van der Waals surface area contributed by atoms with Crippen LogP contribution in [0.3, 0.4) is 0 Å². The second kappa shape index (κ2) is 11.2. The number of carboxylic acid groups (broad SMARTS) is 1. The van der Waals surface area contributed by atoms with E-state index in [1.165, 1.54) is 6.08 Å². The molecule has 0 rings (SSSR count). The summed E-state index contributed by atoms with van der Waals surface area (Å²) in [6.45, 7) is 5.36. The lowest BCUT2D eigenvalue weighted by atomic mass is 10.4. The van der Waals surface area contributed by atoms with Crippen molar-refractivity contribution in [2.45, 2.75) is 33.0 Å². The SMILES string of the molecule is CC(O)COC(C)CO.CC=CC(=O)O. The number of aliphatic carboxylic acids is 1. The first-order valence-electron chi connectivity index (χ1n) is 4.70. The zero-order valence-corrected chi connectivity index (χ0v) is 9.38. The van der Waals surface area contributed by atoms with Gasteiger partial charge in [0.1, 0.15) is 0 Å². The molecule has 0 bridgehead atoms. The Morgan fingerprint density at radius 1 is 1.47 bits per heavy atom. The molecule has 0 saturated heterocycles. The maximum atomic E-state index is 9.51. The minimum Gasteiger partial charge on any atom is -0.478 e. The van der Waals surface area contributed by atoms with E-state index in [0.717, 1.165) is 6.08 Å². The second-order valence-corrected chi connectivity index (χ2v) is 3.01. The predicted octanol–water partition coefficient (Wildman–Crippen LogP) is 0.412. The average molecular weight is 220 g/mol. The van der Waals surface area contributed by atoms with Crippen molar-refractivity contribution in [1.82, 2.24) is 0 Å². The fourth-order valence-electron chi connectivity index (χ4n) is 0.499. The van der Waals surface area contributed by atoms with Crippen LogP contribution < -0.4 is 0 Å². The molecular formula is C10H20O5. The number of aliphatic hydroxyl groups excluding tert-OH is 2. The van der Waals surface area contributed by atoms with Gasteiger partial charge in [-0.3, -0.25) is 0 Å². The maximum Gasteiger partial charge on any atom is 0.327 e. The molecule has 15 heavy (non-hydrogen) atoms. The van der Waals surface area contributed by atoms with Crippen LogP contribution in [0.5, 0.6) is 0 Å². The number of ether oxygens (including phenoxy) is 1. The molecule has 0 spiro atoms. The van der Waals surface area contributed by atoms with E-state index in [1.807, 2.05) is 0 Å². The van der Waals surface area contributed by atoms with E-state index in [4.69, 9.17) is 20.1 Å². The first-order chi connectivity index (χ1) is 6.93. The Kier molecular flexibility index (Phi) is 12.3. The molecule has 0 aliphatic carbocycles. The van der Waals surface area contributed by atoms with Crippen LogP contribution in [0.4, 0.5) is 0 Å². The van der Waals surface area contributed by atoms with Gasteiger partial charge in [-0.2, -0.15) is 0 Å². The standard InChI is InChI=1S/C6H14O3.C4H6O2/c1-5(8)4-9-6(2)3-7;1-2-3-4(5)6/h5-8H,3-4H2,1-2H3;2-3H,1H3,(H,5,6). The smallest absolute Gasteiger partial charge is 0.327 e. The van der Waals surface area contributed by atoms with E-state index in [9.17, 15) is 4.79 Å². The fraction of sp³-hybridized carbons (Fsp3) is 0.700. The summed E-state index contributed by atoms with van der Waals surface area (Å²) in [4.78, 5) is 9.51. The van der Waals surface area contributed by atoms with Gasteiger partial charge in [-0.1, -0.05) is 6.08 Å². The third-order valence-corrected chi connectivity index (χ3v) is 1.19. The van der Waals surface area contributed by atoms with Gasteiger partial charge in [-0.05, 0) is 20.8 Å². The molecule has 5 heteroatoms. The first-order valence-corrected chi connectivity index (χ1v) is 4.70. The largest absolute Gasteiger partial charge is 0.478 e. The summed E-state index contributed by atoms with van der Waals surface area (Å²) in [6, 6.07) is 0. The summed E-state index contributed by atoms with van der Waals surface area (Å²) in [7, 11) is 0. The Balaban J connectivity index is 0. The van der Waals surface area contributed by atoms with Crippen molar-refractivity contribution < 1.29 is 24.9 Å².